The number of aliphatic imine (C=N–C) groups is 1. The van der Waals surface area contributed by atoms with Gasteiger partial charge in [0.25, 0.3) is 0 Å². The molecule has 0 amide bonds. The zero-order chi connectivity index (χ0) is 18.5. The molecule has 1 fully saturated rings. The molecule has 26 heavy (non-hydrogen) atoms. The highest BCUT2D eigenvalue weighted by Crippen LogP contribution is 2.46. The van der Waals surface area contributed by atoms with E-state index in [0.717, 1.165) is 0 Å². The fourth-order valence-corrected chi connectivity index (χ4v) is 3.47. The molecule has 0 spiro atoms. The number of fused-ring (bicyclic) bond motifs is 1. The molecule has 3 heterocycles. The summed E-state index contributed by atoms with van der Waals surface area (Å²) in [6.45, 7) is 1.93. The van der Waals surface area contributed by atoms with Gasteiger partial charge in [-0.3, -0.25) is 5.01 Å². The third-order valence-electron chi connectivity index (χ3n) is 4.70. The number of hydrazine groups is 1. The fourth-order valence-electron chi connectivity index (χ4n) is 3.47. The lowest BCUT2D eigenvalue weighted by Gasteiger charge is -2.39. The molecule has 0 aromatic carbocycles. The van der Waals surface area contributed by atoms with Crippen molar-refractivity contribution in [2.45, 2.75) is 32.0 Å². The lowest BCUT2D eigenvalue weighted by Crippen LogP contribution is -2.52. The molecule has 1 aromatic heterocycles. The van der Waals surface area contributed by atoms with Crippen LogP contribution in [-0.2, 0) is 0 Å². The maximum absolute atomic E-state index is 13.6. The van der Waals surface area contributed by atoms with Crippen LogP contribution in [0.5, 0.6) is 0 Å². The molecular formula is C18H16F3N5. The van der Waals surface area contributed by atoms with Crippen molar-refractivity contribution in [3.8, 4) is 6.07 Å². The van der Waals surface area contributed by atoms with Crippen LogP contribution in [0.2, 0.25) is 0 Å². The van der Waals surface area contributed by atoms with Crippen molar-refractivity contribution < 1.29 is 13.2 Å². The van der Waals surface area contributed by atoms with Gasteiger partial charge in [-0.15, -0.1) is 0 Å². The molecule has 1 unspecified atom stereocenters. The summed E-state index contributed by atoms with van der Waals surface area (Å²) in [7, 11) is 0. The first kappa shape index (κ1) is 16.8. The zero-order valence-electron chi connectivity index (χ0n) is 14.0. The van der Waals surface area contributed by atoms with E-state index < -0.39 is 12.2 Å². The Bertz CT molecular complexity index is 874. The molecule has 0 N–H and O–H groups in total. The third kappa shape index (κ3) is 2.88. The van der Waals surface area contributed by atoms with Crippen LogP contribution in [0.3, 0.4) is 0 Å². The maximum Gasteiger partial charge on any atom is 0.406 e. The van der Waals surface area contributed by atoms with E-state index >= 15 is 0 Å². The van der Waals surface area contributed by atoms with Crippen LogP contribution >= 0.6 is 0 Å². The van der Waals surface area contributed by atoms with Gasteiger partial charge in [-0.05, 0) is 50.0 Å². The number of hydrogen-bond donors (Lipinski definition) is 0. The van der Waals surface area contributed by atoms with Crippen molar-refractivity contribution in [2.75, 3.05) is 6.54 Å². The highest BCUT2D eigenvalue weighted by atomic mass is 19.4. The number of allylic oxidation sites excluding steroid dienone is 2. The van der Waals surface area contributed by atoms with Crippen molar-refractivity contribution in [3.63, 3.8) is 0 Å². The van der Waals surface area contributed by atoms with E-state index in [1.807, 2.05) is 6.07 Å². The van der Waals surface area contributed by atoms with Gasteiger partial charge in [0.1, 0.15) is 23.6 Å². The number of alkyl halides is 3. The summed E-state index contributed by atoms with van der Waals surface area (Å²) in [5.41, 5.74) is 1.99. The smallest absolute Gasteiger partial charge is 0.261 e. The number of nitriles is 1. The molecule has 5 nitrogen and oxygen atoms in total. The second kappa shape index (κ2) is 5.95. The van der Waals surface area contributed by atoms with Crippen molar-refractivity contribution >= 4 is 5.71 Å². The van der Waals surface area contributed by atoms with Crippen LogP contribution in [0.1, 0.15) is 31.2 Å². The van der Waals surface area contributed by atoms with Gasteiger partial charge in [0.05, 0.1) is 11.4 Å². The molecule has 8 heteroatoms. The fraction of sp³-hybridized carbons (Fsp3) is 0.389. The molecule has 1 aromatic rings. The maximum atomic E-state index is 13.6. The number of halogens is 3. The summed E-state index contributed by atoms with van der Waals surface area (Å²) in [4.78, 5) is 8.70. The number of nitrogens with zero attached hydrogens (tertiary/aromatic N) is 5. The van der Waals surface area contributed by atoms with Gasteiger partial charge in [0.15, 0.2) is 0 Å². The Morgan fingerprint density at radius 3 is 2.73 bits per heavy atom. The van der Waals surface area contributed by atoms with Gasteiger partial charge in [0, 0.05) is 12.2 Å². The summed E-state index contributed by atoms with van der Waals surface area (Å²) < 4.78 is 40.8. The Morgan fingerprint density at radius 1 is 1.31 bits per heavy atom. The molecule has 1 aliphatic carbocycles. The number of aromatic nitrogens is 1. The number of hydrogen-bond acceptors (Lipinski definition) is 5. The predicted octanol–water partition coefficient (Wildman–Crippen LogP) is 3.37. The second-order valence-corrected chi connectivity index (χ2v) is 6.62. The van der Waals surface area contributed by atoms with Crippen molar-refractivity contribution in [1.29, 1.82) is 5.26 Å². The van der Waals surface area contributed by atoms with Crippen LogP contribution in [0.15, 0.2) is 46.9 Å². The van der Waals surface area contributed by atoms with E-state index in [1.165, 1.54) is 5.01 Å². The molecule has 4 rings (SSSR count). The molecule has 1 saturated carbocycles. The van der Waals surface area contributed by atoms with E-state index in [-0.39, 0.29) is 18.2 Å². The number of rotatable bonds is 3. The summed E-state index contributed by atoms with van der Waals surface area (Å²) in [6, 6.07) is 5.52. The van der Waals surface area contributed by atoms with Crippen LogP contribution in [-0.4, -0.2) is 39.5 Å². The highest BCUT2D eigenvalue weighted by molar-refractivity contribution is 6.08. The SMILES string of the molecule is CC1=CC(c2cccc(C#N)n2)=NC2=CCN(C(C3CC3)C(F)(F)F)N12. The summed E-state index contributed by atoms with van der Waals surface area (Å²) in [6.07, 6.45) is 0.334. The first-order chi connectivity index (χ1) is 12.4. The summed E-state index contributed by atoms with van der Waals surface area (Å²) >= 11 is 0. The van der Waals surface area contributed by atoms with Crippen molar-refractivity contribution in [3.05, 3.63) is 53.3 Å². The minimum absolute atomic E-state index is 0.170. The molecule has 1 atom stereocenters. The van der Waals surface area contributed by atoms with Gasteiger partial charge >= 0.3 is 6.18 Å². The molecule has 0 bridgehead atoms. The van der Waals surface area contributed by atoms with Gasteiger partial charge in [0.2, 0.25) is 0 Å². The number of pyridine rings is 1. The molecule has 3 aliphatic rings. The quantitative estimate of drug-likeness (QED) is 0.830. The van der Waals surface area contributed by atoms with Gasteiger partial charge in [-0.1, -0.05) is 6.07 Å². The molecule has 134 valence electrons. The average Bonchev–Trinajstić information content (AvgIpc) is 3.33. The average molecular weight is 359 g/mol. The largest absolute Gasteiger partial charge is 0.406 e. The Kier molecular flexibility index (Phi) is 3.84. The lowest BCUT2D eigenvalue weighted by molar-refractivity contribution is -0.212. The standard InChI is InChI=1S/C18H16F3N5/c1-11-9-15(14-4-2-3-13(10-22)23-14)24-16-7-8-25(26(11)16)17(12-5-6-12)18(19,20)21/h2-4,7,9,12,17H,5-6,8H2,1H3. The van der Waals surface area contributed by atoms with E-state index in [1.54, 1.807) is 42.3 Å². The van der Waals surface area contributed by atoms with Crippen LogP contribution < -0.4 is 0 Å². The van der Waals surface area contributed by atoms with Crippen LogP contribution in [0.4, 0.5) is 13.2 Å². The highest BCUT2D eigenvalue weighted by Gasteiger charge is 2.54. The Hall–Kier alpha value is -2.66. The monoisotopic (exact) mass is 359 g/mol. The van der Waals surface area contributed by atoms with Crippen LogP contribution in [0.25, 0.3) is 0 Å². The molecule has 0 saturated heterocycles. The van der Waals surface area contributed by atoms with E-state index in [9.17, 15) is 13.2 Å². The molecular weight excluding hydrogens is 343 g/mol. The second-order valence-electron chi connectivity index (χ2n) is 6.62. The lowest BCUT2D eigenvalue weighted by atomic mass is 10.1. The minimum atomic E-state index is -4.28. The van der Waals surface area contributed by atoms with E-state index in [4.69, 9.17) is 5.26 Å². The zero-order valence-corrected chi connectivity index (χ0v) is 14.0. The summed E-state index contributed by atoms with van der Waals surface area (Å²) in [5, 5.41) is 11.9. The molecule has 0 radical (unpaired) electrons. The van der Waals surface area contributed by atoms with Crippen molar-refractivity contribution in [1.82, 2.24) is 15.0 Å². The van der Waals surface area contributed by atoms with Gasteiger partial charge < -0.3 is 0 Å². The van der Waals surface area contributed by atoms with Crippen LogP contribution in [0, 0.1) is 17.2 Å². The van der Waals surface area contributed by atoms with E-state index in [0.29, 0.717) is 35.8 Å². The predicted molar refractivity (Wildman–Crippen MR) is 88.4 cm³/mol. The first-order valence-electron chi connectivity index (χ1n) is 8.36. The third-order valence-corrected chi connectivity index (χ3v) is 4.70. The molecule has 2 aliphatic heterocycles. The first-order valence-corrected chi connectivity index (χ1v) is 8.36. The van der Waals surface area contributed by atoms with Gasteiger partial charge in [-0.25, -0.2) is 9.98 Å². The van der Waals surface area contributed by atoms with Gasteiger partial charge in [-0.2, -0.15) is 23.4 Å². The summed E-state index contributed by atoms with van der Waals surface area (Å²) in [5.74, 6) is 0.119. The Balaban J connectivity index is 1.65. The minimum Gasteiger partial charge on any atom is -0.261 e. The van der Waals surface area contributed by atoms with Crippen molar-refractivity contribution in [2.24, 2.45) is 10.9 Å². The Labute approximate surface area is 148 Å². The Morgan fingerprint density at radius 2 is 2.08 bits per heavy atom. The topological polar surface area (TPSA) is 55.5 Å². The normalized spacial score (nSPS) is 21.5. The van der Waals surface area contributed by atoms with E-state index in [2.05, 4.69) is 9.98 Å².